The van der Waals surface area contributed by atoms with Crippen molar-refractivity contribution in [1.29, 1.82) is 0 Å². The highest BCUT2D eigenvalue weighted by Gasteiger charge is 2.08. The molecular weight excluding hydrogens is 126 g/mol. The van der Waals surface area contributed by atoms with Crippen LogP contribution in [0, 0.1) is 0 Å². The lowest BCUT2D eigenvalue weighted by Crippen LogP contribution is -1.89. The smallest absolute Gasteiger partial charge is 0.0699 e. The van der Waals surface area contributed by atoms with Crippen molar-refractivity contribution in [1.82, 2.24) is 4.57 Å². The Morgan fingerprint density at radius 3 is 3.30 bits per heavy atom. The summed E-state index contributed by atoms with van der Waals surface area (Å²) in [6.45, 7) is 0.157. The second-order valence-corrected chi connectivity index (χ2v) is 2.44. The lowest BCUT2D eigenvalue weighted by atomic mass is 10.2. The van der Waals surface area contributed by atoms with Gasteiger partial charge < -0.3 is 9.67 Å². The molecule has 0 saturated heterocycles. The van der Waals surface area contributed by atoms with Gasteiger partial charge in [-0.3, -0.25) is 0 Å². The van der Waals surface area contributed by atoms with E-state index in [2.05, 4.69) is 6.08 Å². The molecule has 0 saturated carbocycles. The maximum Gasteiger partial charge on any atom is 0.0699 e. The van der Waals surface area contributed by atoms with Gasteiger partial charge in [-0.15, -0.1) is 0 Å². The first-order valence-corrected chi connectivity index (χ1v) is 3.38. The molecule has 0 aliphatic carbocycles. The largest absolute Gasteiger partial charge is 0.392 e. The van der Waals surface area contributed by atoms with Gasteiger partial charge in [0, 0.05) is 24.5 Å². The fourth-order valence-corrected chi connectivity index (χ4v) is 1.32. The topological polar surface area (TPSA) is 25.2 Å². The summed E-state index contributed by atoms with van der Waals surface area (Å²) in [6, 6.07) is 1.96. The highest BCUT2D eigenvalue weighted by atomic mass is 16.3. The second-order valence-electron chi connectivity index (χ2n) is 2.44. The molecule has 1 aromatic heterocycles. The van der Waals surface area contributed by atoms with Crippen LogP contribution in [0.1, 0.15) is 11.3 Å². The third-order valence-corrected chi connectivity index (χ3v) is 1.87. The van der Waals surface area contributed by atoms with E-state index in [9.17, 15) is 0 Å². The minimum absolute atomic E-state index is 0.157. The molecule has 2 heterocycles. The summed E-state index contributed by atoms with van der Waals surface area (Å²) >= 11 is 0. The molecule has 0 amide bonds. The van der Waals surface area contributed by atoms with Gasteiger partial charge >= 0.3 is 0 Å². The van der Waals surface area contributed by atoms with Crippen LogP contribution in [0.2, 0.25) is 0 Å². The molecular formula is C8H9NO. The molecule has 0 unspecified atom stereocenters. The van der Waals surface area contributed by atoms with Crippen LogP contribution in [0.15, 0.2) is 18.3 Å². The van der Waals surface area contributed by atoms with E-state index in [0.29, 0.717) is 0 Å². The molecule has 52 valence electrons. The van der Waals surface area contributed by atoms with Crippen molar-refractivity contribution in [2.24, 2.45) is 0 Å². The summed E-state index contributed by atoms with van der Waals surface area (Å²) in [6.07, 6.45) is 7.05. The average molecular weight is 135 g/mol. The molecule has 1 aliphatic rings. The van der Waals surface area contributed by atoms with E-state index in [1.165, 1.54) is 5.69 Å². The van der Waals surface area contributed by atoms with Gasteiger partial charge in [-0.25, -0.2) is 0 Å². The normalized spacial score (nSPS) is 14.1. The zero-order valence-electron chi connectivity index (χ0n) is 5.62. The molecule has 0 aromatic carbocycles. The van der Waals surface area contributed by atoms with Gasteiger partial charge in [0.1, 0.15) is 0 Å². The van der Waals surface area contributed by atoms with Crippen molar-refractivity contribution in [2.45, 2.75) is 13.0 Å². The van der Waals surface area contributed by atoms with Crippen LogP contribution in [0.25, 0.3) is 6.20 Å². The molecule has 2 heteroatoms. The summed E-state index contributed by atoms with van der Waals surface area (Å²) < 4.78 is 2.05. The third kappa shape index (κ3) is 0.625. The Hall–Kier alpha value is -1.02. The molecule has 0 radical (unpaired) electrons. The minimum atomic E-state index is 0.157. The zero-order valence-corrected chi connectivity index (χ0v) is 5.62. The Morgan fingerprint density at radius 2 is 2.50 bits per heavy atom. The summed E-state index contributed by atoms with van der Waals surface area (Å²) in [4.78, 5) is 0. The third-order valence-electron chi connectivity index (χ3n) is 1.87. The first-order valence-electron chi connectivity index (χ1n) is 3.38. The number of rotatable bonds is 1. The number of nitrogens with zero attached hydrogens (tertiary/aromatic N) is 1. The summed E-state index contributed by atoms with van der Waals surface area (Å²) in [5.74, 6) is 0. The van der Waals surface area contributed by atoms with E-state index in [1.54, 1.807) is 0 Å². The van der Waals surface area contributed by atoms with Gasteiger partial charge in [0.2, 0.25) is 0 Å². The van der Waals surface area contributed by atoms with Gasteiger partial charge in [0.25, 0.3) is 0 Å². The van der Waals surface area contributed by atoms with Gasteiger partial charge in [0.05, 0.1) is 6.61 Å². The number of allylic oxidation sites excluding steroid dienone is 1. The Morgan fingerprint density at radius 1 is 1.60 bits per heavy atom. The molecule has 0 atom stereocenters. The molecule has 0 bridgehead atoms. The van der Waals surface area contributed by atoms with E-state index in [0.717, 1.165) is 12.0 Å². The summed E-state index contributed by atoms with van der Waals surface area (Å²) in [5.41, 5.74) is 2.27. The van der Waals surface area contributed by atoms with Crippen molar-refractivity contribution in [3.63, 3.8) is 0 Å². The van der Waals surface area contributed by atoms with E-state index >= 15 is 0 Å². The Labute approximate surface area is 59.4 Å². The predicted molar refractivity (Wildman–Crippen MR) is 39.4 cm³/mol. The van der Waals surface area contributed by atoms with Crippen LogP contribution in [0.3, 0.4) is 0 Å². The first-order chi connectivity index (χ1) is 4.92. The molecule has 1 aliphatic heterocycles. The first kappa shape index (κ1) is 5.74. The van der Waals surface area contributed by atoms with Gasteiger partial charge in [0.15, 0.2) is 0 Å². The fourth-order valence-electron chi connectivity index (χ4n) is 1.32. The quantitative estimate of drug-likeness (QED) is 0.610. The Balaban J connectivity index is 2.50. The van der Waals surface area contributed by atoms with Crippen LogP contribution in [-0.2, 0) is 13.0 Å². The molecule has 1 aromatic rings. The Kier molecular flexibility index (Phi) is 1.14. The predicted octanol–water partition coefficient (Wildman–Crippen LogP) is 1.01. The lowest BCUT2D eigenvalue weighted by molar-refractivity contribution is 0.281. The monoisotopic (exact) mass is 135 g/mol. The molecule has 0 fully saturated rings. The van der Waals surface area contributed by atoms with E-state index in [1.807, 2.05) is 23.0 Å². The van der Waals surface area contributed by atoms with Crippen LogP contribution in [-0.4, -0.2) is 9.67 Å². The number of aliphatic hydroxyl groups excluding tert-OH is 1. The standard InChI is InChI=1S/C8H9NO/c10-6-7-3-5-9-4-1-2-8(7)9/h1,3-5,10H,2,6H2. The fraction of sp³-hybridized carbons (Fsp3) is 0.250. The number of hydrogen-bond acceptors (Lipinski definition) is 1. The number of fused-ring (bicyclic) bond motifs is 1. The minimum Gasteiger partial charge on any atom is -0.392 e. The SMILES string of the molecule is OCc1ccn2c1CC=C2. The van der Waals surface area contributed by atoms with Crippen LogP contribution >= 0.6 is 0 Å². The molecule has 0 spiro atoms. The zero-order chi connectivity index (χ0) is 6.97. The van der Waals surface area contributed by atoms with Crippen molar-refractivity contribution in [3.05, 3.63) is 29.6 Å². The van der Waals surface area contributed by atoms with E-state index in [4.69, 9.17) is 5.11 Å². The second kappa shape index (κ2) is 1.99. The van der Waals surface area contributed by atoms with Crippen molar-refractivity contribution >= 4 is 6.20 Å². The average Bonchev–Trinajstić information content (AvgIpc) is 2.44. The highest BCUT2D eigenvalue weighted by Crippen LogP contribution is 2.17. The van der Waals surface area contributed by atoms with Gasteiger partial charge in [-0.1, -0.05) is 6.08 Å². The lowest BCUT2D eigenvalue weighted by Gasteiger charge is -1.95. The Bertz CT molecular complexity index is 273. The van der Waals surface area contributed by atoms with Gasteiger partial charge in [-0.2, -0.15) is 0 Å². The van der Waals surface area contributed by atoms with Crippen molar-refractivity contribution in [3.8, 4) is 0 Å². The summed E-state index contributed by atoms with van der Waals surface area (Å²) in [7, 11) is 0. The molecule has 1 N–H and O–H groups in total. The van der Waals surface area contributed by atoms with Crippen molar-refractivity contribution < 1.29 is 5.11 Å². The van der Waals surface area contributed by atoms with Crippen LogP contribution in [0.5, 0.6) is 0 Å². The maximum absolute atomic E-state index is 8.85. The number of aromatic nitrogens is 1. The molecule has 2 nitrogen and oxygen atoms in total. The number of aliphatic hydroxyl groups is 1. The molecule has 10 heavy (non-hydrogen) atoms. The van der Waals surface area contributed by atoms with Crippen LogP contribution in [0.4, 0.5) is 0 Å². The maximum atomic E-state index is 8.85. The van der Waals surface area contributed by atoms with Crippen LogP contribution < -0.4 is 0 Å². The highest BCUT2D eigenvalue weighted by molar-refractivity contribution is 5.41. The van der Waals surface area contributed by atoms with Crippen molar-refractivity contribution in [2.75, 3.05) is 0 Å². The number of hydrogen-bond donors (Lipinski definition) is 1. The van der Waals surface area contributed by atoms with Gasteiger partial charge in [-0.05, 0) is 11.6 Å². The van der Waals surface area contributed by atoms with E-state index in [-0.39, 0.29) is 6.61 Å². The summed E-state index contributed by atoms with van der Waals surface area (Å²) in [5, 5.41) is 8.85. The van der Waals surface area contributed by atoms with E-state index < -0.39 is 0 Å². The molecule has 2 rings (SSSR count).